The molecule has 3 nitrogen and oxygen atoms in total. The van der Waals surface area contributed by atoms with Crippen molar-refractivity contribution in [3.63, 3.8) is 0 Å². The fourth-order valence-corrected chi connectivity index (χ4v) is 3.70. The molecular formula is C24H26BrCl2NO2. The number of hydrogen-bond acceptors (Lipinski definition) is 3. The van der Waals surface area contributed by atoms with Crippen molar-refractivity contribution in [1.82, 2.24) is 5.32 Å². The Kier molecular flexibility index (Phi) is 10.5. The molecule has 0 fully saturated rings. The first-order valence-electron chi connectivity index (χ1n) is 9.73. The highest BCUT2D eigenvalue weighted by Crippen LogP contribution is 2.37. The van der Waals surface area contributed by atoms with E-state index in [4.69, 9.17) is 21.1 Å². The third-order valence-corrected chi connectivity index (χ3v) is 5.27. The summed E-state index contributed by atoms with van der Waals surface area (Å²) in [4.78, 5) is 0. The van der Waals surface area contributed by atoms with Crippen LogP contribution in [-0.4, -0.2) is 13.2 Å². The lowest BCUT2D eigenvalue weighted by Gasteiger charge is -2.16. The van der Waals surface area contributed by atoms with Crippen LogP contribution in [0.25, 0.3) is 0 Å². The highest BCUT2D eigenvalue weighted by Gasteiger charge is 2.12. The second-order valence-electron chi connectivity index (χ2n) is 6.67. The van der Waals surface area contributed by atoms with Crippen LogP contribution in [0.15, 0.2) is 71.2 Å². The van der Waals surface area contributed by atoms with Gasteiger partial charge in [0.15, 0.2) is 11.5 Å². The van der Waals surface area contributed by atoms with Crippen molar-refractivity contribution >= 4 is 39.9 Å². The predicted octanol–water partition coefficient (Wildman–Crippen LogP) is 6.83. The molecule has 0 atom stereocenters. The number of ether oxygens (including phenoxy) is 2. The van der Waals surface area contributed by atoms with Crippen molar-refractivity contribution < 1.29 is 9.47 Å². The van der Waals surface area contributed by atoms with Gasteiger partial charge in [0.1, 0.15) is 6.61 Å². The molecule has 0 aliphatic carbocycles. The Labute approximate surface area is 198 Å². The van der Waals surface area contributed by atoms with E-state index in [1.165, 1.54) is 5.56 Å². The van der Waals surface area contributed by atoms with Crippen LogP contribution in [0.2, 0.25) is 5.02 Å². The molecule has 0 saturated carbocycles. The molecule has 0 radical (unpaired) electrons. The fourth-order valence-electron chi connectivity index (χ4n) is 2.97. The van der Waals surface area contributed by atoms with Crippen LogP contribution >= 0.6 is 39.9 Å². The van der Waals surface area contributed by atoms with Crippen molar-refractivity contribution in [3.8, 4) is 11.5 Å². The van der Waals surface area contributed by atoms with E-state index in [-0.39, 0.29) is 12.4 Å². The Morgan fingerprint density at radius 1 is 0.900 bits per heavy atom. The normalized spacial score (nSPS) is 10.4. The summed E-state index contributed by atoms with van der Waals surface area (Å²) in [6.45, 7) is 4.70. The Morgan fingerprint density at radius 3 is 2.33 bits per heavy atom. The van der Waals surface area contributed by atoms with Gasteiger partial charge in [0.05, 0.1) is 11.1 Å². The van der Waals surface area contributed by atoms with E-state index >= 15 is 0 Å². The molecule has 3 aromatic carbocycles. The minimum absolute atomic E-state index is 0. The third kappa shape index (κ3) is 7.51. The van der Waals surface area contributed by atoms with Gasteiger partial charge in [0.2, 0.25) is 0 Å². The van der Waals surface area contributed by atoms with Crippen LogP contribution < -0.4 is 14.8 Å². The maximum atomic E-state index is 6.05. The molecule has 0 saturated heterocycles. The van der Waals surface area contributed by atoms with Crippen molar-refractivity contribution in [2.75, 3.05) is 13.2 Å². The Hall–Kier alpha value is -1.72. The van der Waals surface area contributed by atoms with E-state index in [0.29, 0.717) is 13.2 Å². The summed E-state index contributed by atoms with van der Waals surface area (Å²) in [5.74, 6) is 1.49. The Bertz CT molecular complexity index is 905. The predicted molar refractivity (Wildman–Crippen MR) is 130 cm³/mol. The first kappa shape index (κ1) is 24.5. The Balaban J connectivity index is 0.00000320. The quantitative estimate of drug-likeness (QED) is 0.303. The summed E-state index contributed by atoms with van der Waals surface area (Å²) in [6.07, 6.45) is 0.953. The molecule has 0 aromatic heterocycles. The lowest BCUT2D eigenvalue weighted by Crippen LogP contribution is -2.17. The van der Waals surface area contributed by atoms with E-state index in [2.05, 4.69) is 39.4 Å². The zero-order valence-electron chi connectivity index (χ0n) is 16.9. The molecule has 6 heteroatoms. The monoisotopic (exact) mass is 509 g/mol. The molecular weight excluding hydrogens is 485 g/mol. The molecule has 0 amide bonds. The van der Waals surface area contributed by atoms with Crippen LogP contribution in [0.4, 0.5) is 0 Å². The van der Waals surface area contributed by atoms with Crippen molar-refractivity contribution in [3.05, 3.63) is 92.9 Å². The summed E-state index contributed by atoms with van der Waals surface area (Å²) in [5.41, 5.74) is 3.53. The van der Waals surface area contributed by atoms with Gasteiger partial charge < -0.3 is 14.8 Å². The lowest BCUT2D eigenvalue weighted by molar-refractivity contribution is 0.267. The summed E-state index contributed by atoms with van der Waals surface area (Å²) in [7, 11) is 0. The van der Waals surface area contributed by atoms with E-state index in [1.807, 2.05) is 55.5 Å². The van der Waals surface area contributed by atoms with Crippen LogP contribution in [0.3, 0.4) is 0 Å². The molecule has 0 heterocycles. The van der Waals surface area contributed by atoms with Gasteiger partial charge in [-0.15, -0.1) is 12.4 Å². The van der Waals surface area contributed by atoms with Crippen LogP contribution in [0, 0.1) is 0 Å². The number of benzene rings is 3. The summed E-state index contributed by atoms with van der Waals surface area (Å²) >= 11 is 9.58. The van der Waals surface area contributed by atoms with Gasteiger partial charge >= 0.3 is 0 Å². The van der Waals surface area contributed by atoms with Crippen molar-refractivity contribution in [2.24, 2.45) is 0 Å². The minimum Gasteiger partial charge on any atom is -0.490 e. The molecule has 3 aromatic rings. The van der Waals surface area contributed by atoms with Crippen molar-refractivity contribution in [2.45, 2.75) is 26.5 Å². The number of rotatable bonds is 10. The topological polar surface area (TPSA) is 30.5 Å². The van der Waals surface area contributed by atoms with Gasteiger partial charge in [-0.3, -0.25) is 0 Å². The van der Waals surface area contributed by atoms with Gasteiger partial charge in [-0.1, -0.05) is 54.1 Å². The third-order valence-electron chi connectivity index (χ3n) is 4.43. The Morgan fingerprint density at radius 2 is 1.63 bits per heavy atom. The van der Waals surface area contributed by atoms with Gasteiger partial charge in [-0.2, -0.15) is 0 Å². The van der Waals surface area contributed by atoms with E-state index < -0.39 is 0 Å². The molecule has 0 aliphatic rings. The molecule has 3 rings (SSSR count). The smallest absolute Gasteiger partial charge is 0.175 e. The van der Waals surface area contributed by atoms with Gasteiger partial charge in [0, 0.05) is 11.6 Å². The van der Waals surface area contributed by atoms with E-state index in [1.54, 1.807) is 0 Å². The van der Waals surface area contributed by atoms with Gasteiger partial charge in [-0.05, 0) is 76.8 Å². The highest BCUT2D eigenvalue weighted by molar-refractivity contribution is 9.10. The maximum Gasteiger partial charge on any atom is 0.175 e. The summed E-state index contributed by atoms with van der Waals surface area (Å²) in [6, 6.07) is 22.2. The van der Waals surface area contributed by atoms with Crippen LogP contribution in [-0.2, 0) is 19.6 Å². The van der Waals surface area contributed by atoms with Gasteiger partial charge in [0.25, 0.3) is 0 Å². The average Bonchev–Trinajstić information content (AvgIpc) is 2.73. The molecule has 0 unspecified atom stereocenters. The zero-order chi connectivity index (χ0) is 20.5. The van der Waals surface area contributed by atoms with E-state index in [9.17, 15) is 0 Å². The highest BCUT2D eigenvalue weighted by atomic mass is 79.9. The second kappa shape index (κ2) is 12.9. The largest absolute Gasteiger partial charge is 0.490 e. The summed E-state index contributed by atoms with van der Waals surface area (Å²) < 4.78 is 12.8. The van der Waals surface area contributed by atoms with E-state index in [0.717, 1.165) is 51.6 Å². The summed E-state index contributed by atoms with van der Waals surface area (Å²) in [5, 5.41) is 4.26. The zero-order valence-corrected chi connectivity index (χ0v) is 20.0. The molecule has 0 spiro atoms. The average molecular weight is 511 g/mol. The molecule has 0 bridgehead atoms. The van der Waals surface area contributed by atoms with Crippen LogP contribution in [0.5, 0.6) is 11.5 Å². The van der Waals surface area contributed by atoms with Crippen molar-refractivity contribution in [1.29, 1.82) is 0 Å². The molecule has 160 valence electrons. The van der Waals surface area contributed by atoms with Crippen LogP contribution in [0.1, 0.15) is 23.6 Å². The number of halogens is 3. The standard InChI is InChI=1S/C24H25BrClNO2.ClH/c1-2-28-23-15-20(16-27-13-12-18-8-10-21(26)11-9-18)14-22(25)24(23)29-17-19-6-4-3-5-7-19;/h3-11,14-15,27H,2,12-13,16-17H2,1H3;1H. The lowest BCUT2D eigenvalue weighted by atomic mass is 10.1. The second-order valence-corrected chi connectivity index (χ2v) is 7.96. The maximum absolute atomic E-state index is 6.05. The fraction of sp³-hybridized carbons (Fsp3) is 0.250. The number of hydrogen-bond donors (Lipinski definition) is 1. The number of nitrogens with one attached hydrogen (secondary N) is 1. The SMILES string of the molecule is CCOc1cc(CNCCc2ccc(Cl)cc2)cc(Br)c1OCc1ccccc1.Cl. The molecule has 1 N–H and O–H groups in total. The first-order chi connectivity index (χ1) is 14.2. The molecule has 0 aliphatic heterocycles. The van der Waals surface area contributed by atoms with Gasteiger partial charge in [-0.25, -0.2) is 0 Å². The minimum atomic E-state index is 0. The molecule has 30 heavy (non-hydrogen) atoms. The first-order valence-corrected chi connectivity index (χ1v) is 10.9.